The maximum absolute atomic E-state index is 13.3. The molecule has 6 heteroatoms. The lowest BCUT2D eigenvalue weighted by molar-refractivity contribution is -0.120. The van der Waals surface area contributed by atoms with Crippen LogP contribution in [0.25, 0.3) is 10.8 Å². The fraction of sp³-hybridized carbons (Fsp3) is 0.250. The second-order valence-electron chi connectivity index (χ2n) is 9.37. The smallest absolute Gasteiger partial charge is 0.251 e. The molecule has 4 nitrogen and oxygen atoms in total. The summed E-state index contributed by atoms with van der Waals surface area (Å²) in [6, 6.07) is 30.4. The van der Waals surface area contributed by atoms with E-state index in [0.717, 1.165) is 46.4 Å². The number of hydrogen-bond acceptors (Lipinski definition) is 4. The van der Waals surface area contributed by atoms with Gasteiger partial charge in [0, 0.05) is 21.9 Å². The summed E-state index contributed by atoms with van der Waals surface area (Å²) in [6.45, 7) is 2.68. The third-order valence-corrected chi connectivity index (χ3v) is 8.14. The van der Waals surface area contributed by atoms with Gasteiger partial charge in [-0.25, -0.2) is 0 Å². The molecular formula is C32H34N2O2S2. The summed E-state index contributed by atoms with van der Waals surface area (Å²) in [5.74, 6) is -0.255. The molecule has 0 aromatic heterocycles. The largest absolute Gasteiger partial charge is 0.352 e. The summed E-state index contributed by atoms with van der Waals surface area (Å²) in [4.78, 5) is 27.9. The minimum Gasteiger partial charge on any atom is -0.352 e. The third-order valence-electron chi connectivity index (χ3n) is 6.59. The molecule has 38 heavy (non-hydrogen) atoms. The fourth-order valence-corrected chi connectivity index (χ4v) is 5.40. The van der Waals surface area contributed by atoms with Crippen LogP contribution in [0.2, 0.25) is 0 Å². The number of carbonyl (C=O) groups excluding carboxylic acids is 2. The van der Waals surface area contributed by atoms with Crippen molar-refractivity contribution in [3.05, 3.63) is 108 Å². The Hall–Kier alpha value is -3.22. The van der Waals surface area contributed by atoms with Gasteiger partial charge in [-0.05, 0) is 90.7 Å². The average Bonchev–Trinajstić information content (AvgIpc) is 2.96. The van der Waals surface area contributed by atoms with Crippen molar-refractivity contribution in [3.63, 3.8) is 0 Å². The molecule has 1 unspecified atom stereocenters. The highest BCUT2D eigenvalue weighted by Crippen LogP contribution is 2.28. The van der Waals surface area contributed by atoms with Crippen LogP contribution in [0.1, 0.15) is 53.1 Å². The summed E-state index contributed by atoms with van der Waals surface area (Å²) in [5, 5.41) is 5.32. The van der Waals surface area contributed by atoms with Crippen LogP contribution in [0.5, 0.6) is 0 Å². The molecule has 2 amide bonds. The molecule has 4 aromatic rings. The number of amides is 2. The Morgan fingerprint density at radius 3 is 2.24 bits per heavy atom. The van der Waals surface area contributed by atoms with E-state index in [1.807, 2.05) is 66.9 Å². The molecule has 0 aliphatic carbocycles. The van der Waals surface area contributed by atoms with Crippen LogP contribution in [0.3, 0.4) is 0 Å². The van der Waals surface area contributed by atoms with Crippen molar-refractivity contribution in [3.8, 4) is 0 Å². The zero-order valence-electron chi connectivity index (χ0n) is 21.9. The monoisotopic (exact) mass is 542 g/mol. The minimum absolute atomic E-state index is 0.0212. The van der Waals surface area contributed by atoms with Crippen molar-refractivity contribution in [1.82, 2.24) is 10.0 Å². The van der Waals surface area contributed by atoms with Gasteiger partial charge in [0.2, 0.25) is 5.91 Å². The van der Waals surface area contributed by atoms with Crippen molar-refractivity contribution in [2.24, 2.45) is 0 Å². The van der Waals surface area contributed by atoms with Gasteiger partial charge in [-0.15, -0.1) is 11.8 Å². The van der Waals surface area contributed by atoms with E-state index in [-0.39, 0.29) is 17.7 Å². The molecule has 0 heterocycles. The van der Waals surface area contributed by atoms with Crippen LogP contribution in [0.4, 0.5) is 0 Å². The zero-order valence-corrected chi connectivity index (χ0v) is 23.5. The van der Waals surface area contributed by atoms with Gasteiger partial charge in [0.25, 0.3) is 5.91 Å². The van der Waals surface area contributed by atoms with Gasteiger partial charge in [0.05, 0.1) is 5.92 Å². The number of carbonyl (C=O) groups is 2. The van der Waals surface area contributed by atoms with Crippen LogP contribution < -0.4 is 10.0 Å². The Balaban J connectivity index is 1.32. The second-order valence-corrected chi connectivity index (χ2v) is 11.1. The van der Waals surface area contributed by atoms with Crippen LogP contribution in [-0.2, 0) is 4.79 Å². The zero-order chi connectivity index (χ0) is 26.7. The third kappa shape index (κ3) is 7.89. The Kier molecular flexibility index (Phi) is 10.3. The van der Waals surface area contributed by atoms with E-state index in [0.29, 0.717) is 12.1 Å². The molecule has 0 fully saturated rings. The fourth-order valence-electron chi connectivity index (χ4n) is 4.36. The summed E-state index contributed by atoms with van der Waals surface area (Å²) in [6.07, 6.45) is 5.49. The molecule has 0 radical (unpaired) electrons. The number of nitrogens with one attached hydrogen (secondary N) is 2. The number of unbranched alkanes of at least 4 members (excludes halogenated alkanes) is 2. The van der Waals surface area contributed by atoms with E-state index < -0.39 is 0 Å². The number of benzene rings is 4. The molecule has 0 bridgehead atoms. The van der Waals surface area contributed by atoms with Crippen LogP contribution in [0.15, 0.2) is 101 Å². The van der Waals surface area contributed by atoms with E-state index in [9.17, 15) is 9.59 Å². The molecule has 0 aliphatic rings. The Morgan fingerprint density at radius 1 is 0.789 bits per heavy atom. The van der Waals surface area contributed by atoms with E-state index in [2.05, 4.69) is 47.3 Å². The highest BCUT2D eigenvalue weighted by Gasteiger charge is 2.21. The average molecular weight is 543 g/mol. The summed E-state index contributed by atoms with van der Waals surface area (Å²) in [7, 11) is 0. The van der Waals surface area contributed by atoms with Crippen molar-refractivity contribution < 1.29 is 9.59 Å². The minimum atomic E-state index is -0.234. The van der Waals surface area contributed by atoms with E-state index in [1.165, 1.54) is 22.9 Å². The number of hydrogen-bond donors (Lipinski definition) is 2. The van der Waals surface area contributed by atoms with Gasteiger partial charge >= 0.3 is 0 Å². The van der Waals surface area contributed by atoms with Gasteiger partial charge in [0.1, 0.15) is 0 Å². The summed E-state index contributed by atoms with van der Waals surface area (Å²) < 4.78 is 3.08. The lowest BCUT2D eigenvalue weighted by Crippen LogP contribution is -2.25. The van der Waals surface area contributed by atoms with Gasteiger partial charge in [0.15, 0.2) is 0 Å². The molecule has 2 N–H and O–H groups in total. The molecule has 1 atom stereocenters. The van der Waals surface area contributed by atoms with Crippen molar-refractivity contribution in [2.45, 2.75) is 48.3 Å². The first kappa shape index (κ1) is 27.8. The SMILES string of the molecule is CSc1ccc(C(=O)NCCCCCC(C(=O)NSc2ccc(C)cc2)c2ccc3ccccc3c2)cc1. The van der Waals surface area contributed by atoms with Crippen molar-refractivity contribution in [2.75, 3.05) is 12.8 Å². The maximum Gasteiger partial charge on any atom is 0.251 e. The first-order valence-corrected chi connectivity index (χ1v) is 15.0. The topological polar surface area (TPSA) is 58.2 Å². The predicted molar refractivity (Wildman–Crippen MR) is 161 cm³/mol. The molecule has 0 saturated heterocycles. The standard InChI is InChI=1S/C32H34N2O2S2/c1-23-11-17-29(18-12-23)38-34-32(36)30(27-14-13-24-8-5-6-9-26(24)22-27)10-4-3-7-21-33-31(35)25-15-19-28(37-2)20-16-25/h5-6,8-9,11-20,22,30H,3-4,7,10,21H2,1-2H3,(H,33,35)(H,34,36). The number of aryl methyl sites for hydroxylation is 1. The molecule has 4 aromatic carbocycles. The van der Waals surface area contributed by atoms with Gasteiger partial charge in [-0.2, -0.15) is 0 Å². The molecule has 0 spiro atoms. The van der Waals surface area contributed by atoms with Crippen LogP contribution in [-0.4, -0.2) is 24.6 Å². The van der Waals surface area contributed by atoms with Gasteiger partial charge in [-0.3, -0.25) is 14.3 Å². The summed E-state index contributed by atoms with van der Waals surface area (Å²) in [5.41, 5.74) is 2.91. The lowest BCUT2D eigenvalue weighted by Gasteiger charge is -2.18. The number of fused-ring (bicyclic) bond motifs is 1. The molecule has 196 valence electrons. The summed E-state index contributed by atoms with van der Waals surface area (Å²) >= 11 is 3.03. The molecule has 4 rings (SSSR count). The number of thioether (sulfide) groups is 1. The normalized spacial score (nSPS) is 11.7. The molecule has 0 aliphatic heterocycles. The van der Waals surface area contributed by atoms with Crippen LogP contribution >= 0.6 is 23.7 Å². The van der Waals surface area contributed by atoms with Crippen molar-refractivity contribution in [1.29, 1.82) is 0 Å². The predicted octanol–water partition coefficient (Wildman–Crippen LogP) is 7.77. The van der Waals surface area contributed by atoms with E-state index >= 15 is 0 Å². The van der Waals surface area contributed by atoms with E-state index in [4.69, 9.17) is 0 Å². The van der Waals surface area contributed by atoms with Crippen LogP contribution in [0, 0.1) is 6.92 Å². The first-order valence-electron chi connectivity index (χ1n) is 13.0. The lowest BCUT2D eigenvalue weighted by atomic mass is 9.91. The van der Waals surface area contributed by atoms with E-state index in [1.54, 1.807) is 11.8 Å². The first-order chi connectivity index (χ1) is 18.5. The van der Waals surface area contributed by atoms with Gasteiger partial charge in [-0.1, -0.05) is 73.0 Å². The van der Waals surface area contributed by atoms with Gasteiger partial charge < -0.3 is 5.32 Å². The second kappa shape index (κ2) is 14.1. The van der Waals surface area contributed by atoms with Crippen molar-refractivity contribution >= 4 is 46.3 Å². The highest BCUT2D eigenvalue weighted by atomic mass is 32.2. The Morgan fingerprint density at radius 2 is 1.50 bits per heavy atom. The Labute approximate surface area is 234 Å². The Bertz CT molecular complexity index is 1350. The quantitative estimate of drug-likeness (QED) is 0.109. The molecule has 0 saturated carbocycles. The maximum atomic E-state index is 13.3. The molecular weight excluding hydrogens is 508 g/mol. The highest BCUT2D eigenvalue weighted by molar-refractivity contribution is 7.98. The number of rotatable bonds is 12.